The van der Waals surface area contributed by atoms with E-state index in [4.69, 9.17) is 15.2 Å². The van der Waals surface area contributed by atoms with Gasteiger partial charge in [-0.15, -0.1) is 0 Å². The maximum Gasteiger partial charge on any atom is 0.253 e. The summed E-state index contributed by atoms with van der Waals surface area (Å²) in [5.41, 5.74) is 6.05. The van der Waals surface area contributed by atoms with Gasteiger partial charge < -0.3 is 20.1 Å². The van der Waals surface area contributed by atoms with Crippen molar-refractivity contribution in [2.45, 2.75) is 20.3 Å². The van der Waals surface area contributed by atoms with Crippen molar-refractivity contribution in [3.63, 3.8) is 0 Å². The molecule has 0 radical (unpaired) electrons. The van der Waals surface area contributed by atoms with Crippen molar-refractivity contribution >= 4 is 5.91 Å². The number of carbonyl (C=O) groups excluding carboxylic acids is 1. The SMILES string of the molecule is CCOc1ccc(C(=O)N(C)CCCN)cc1OCC. The summed E-state index contributed by atoms with van der Waals surface area (Å²) in [7, 11) is 1.77. The zero-order chi connectivity index (χ0) is 15.0. The Bertz CT molecular complexity index is 435. The molecule has 0 aromatic heterocycles. The molecule has 0 spiro atoms. The second-order valence-corrected chi connectivity index (χ2v) is 4.40. The number of benzene rings is 1. The van der Waals surface area contributed by atoms with E-state index in [9.17, 15) is 4.79 Å². The average Bonchev–Trinajstić information content (AvgIpc) is 2.46. The highest BCUT2D eigenvalue weighted by Gasteiger charge is 2.14. The lowest BCUT2D eigenvalue weighted by Crippen LogP contribution is -2.29. The van der Waals surface area contributed by atoms with Gasteiger partial charge in [0.1, 0.15) is 0 Å². The Morgan fingerprint density at radius 2 is 1.85 bits per heavy atom. The first kappa shape index (κ1) is 16.3. The minimum atomic E-state index is -0.0394. The van der Waals surface area contributed by atoms with Crippen molar-refractivity contribution < 1.29 is 14.3 Å². The summed E-state index contributed by atoms with van der Waals surface area (Å²) in [5.74, 6) is 1.23. The molecule has 20 heavy (non-hydrogen) atoms. The number of nitrogens with zero attached hydrogens (tertiary/aromatic N) is 1. The normalized spacial score (nSPS) is 10.2. The molecule has 0 saturated carbocycles. The zero-order valence-electron chi connectivity index (χ0n) is 12.5. The van der Waals surface area contributed by atoms with Gasteiger partial charge in [0, 0.05) is 19.2 Å². The Balaban J connectivity index is 2.89. The van der Waals surface area contributed by atoms with Gasteiger partial charge in [-0.05, 0) is 45.0 Å². The molecule has 5 nitrogen and oxygen atoms in total. The van der Waals surface area contributed by atoms with Crippen LogP contribution in [0.1, 0.15) is 30.6 Å². The van der Waals surface area contributed by atoms with Gasteiger partial charge in [-0.25, -0.2) is 0 Å². The van der Waals surface area contributed by atoms with E-state index in [0.29, 0.717) is 43.4 Å². The van der Waals surface area contributed by atoms with Crippen LogP contribution in [0.3, 0.4) is 0 Å². The molecule has 0 unspecified atom stereocenters. The van der Waals surface area contributed by atoms with Crippen LogP contribution in [-0.2, 0) is 0 Å². The number of hydrogen-bond acceptors (Lipinski definition) is 4. The molecule has 0 aliphatic rings. The third-order valence-corrected chi connectivity index (χ3v) is 2.83. The van der Waals surface area contributed by atoms with Gasteiger partial charge in [0.25, 0.3) is 5.91 Å². The lowest BCUT2D eigenvalue weighted by atomic mass is 10.1. The van der Waals surface area contributed by atoms with Crippen molar-refractivity contribution in [1.29, 1.82) is 0 Å². The van der Waals surface area contributed by atoms with Crippen LogP contribution in [-0.4, -0.2) is 44.2 Å². The van der Waals surface area contributed by atoms with Crippen LogP contribution in [0.2, 0.25) is 0 Å². The van der Waals surface area contributed by atoms with Crippen LogP contribution in [0, 0.1) is 0 Å². The zero-order valence-corrected chi connectivity index (χ0v) is 12.5. The van der Waals surface area contributed by atoms with Crippen molar-refractivity contribution in [2.75, 3.05) is 33.4 Å². The van der Waals surface area contributed by atoms with E-state index in [1.54, 1.807) is 30.1 Å². The molecule has 0 aliphatic heterocycles. The molecule has 0 heterocycles. The molecule has 0 saturated heterocycles. The highest BCUT2D eigenvalue weighted by atomic mass is 16.5. The van der Waals surface area contributed by atoms with Crippen LogP contribution < -0.4 is 15.2 Å². The first-order chi connectivity index (χ1) is 9.63. The van der Waals surface area contributed by atoms with Crippen LogP contribution in [0.4, 0.5) is 0 Å². The van der Waals surface area contributed by atoms with E-state index in [1.807, 2.05) is 13.8 Å². The molecule has 1 aromatic rings. The quantitative estimate of drug-likeness (QED) is 0.790. The molecule has 0 bridgehead atoms. The highest BCUT2D eigenvalue weighted by Crippen LogP contribution is 2.28. The summed E-state index contributed by atoms with van der Waals surface area (Å²) >= 11 is 0. The van der Waals surface area contributed by atoms with E-state index in [-0.39, 0.29) is 5.91 Å². The summed E-state index contributed by atoms with van der Waals surface area (Å²) in [5, 5.41) is 0. The van der Waals surface area contributed by atoms with E-state index in [1.165, 1.54) is 0 Å². The fourth-order valence-corrected chi connectivity index (χ4v) is 1.83. The number of nitrogens with two attached hydrogens (primary N) is 1. The van der Waals surface area contributed by atoms with Gasteiger partial charge in [-0.2, -0.15) is 0 Å². The Morgan fingerprint density at radius 1 is 1.20 bits per heavy atom. The minimum absolute atomic E-state index is 0.0394. The Kier molecular flexibility index (Phi) is 6.87. The number of rotatable bonds is 8. The van der Waals surface area contributed by atoms with Crippen LogP contribution in [0.5, 0.6) is 11.5 Å². The molecule has 0 aliphatic carbocycles. The van der Waals surface area contributed by atoms with Crippen molar-refractivity contribution in [2.24, 2.45) is 5.73 Å². The second-order valence-electron chi connectivity index (χ2n) is 4.40. The Labute approximate surface area is 120 Å². The molecule has 112 valence electrons. The molecule has 2 N–H and O–H groups in total. The lowest BCUT2D eigenvalue weighted by molar-refractivity contribution is 0.0794. The number of ether oxygens (including phenoxy) is 2. The molecule has 1 aromatic carbocycles. The largest absolute Gasteiger partial charge is 0.490 e. The van der Waals surface area contributed by atoms with Gasteiger partial charge in [-0.1, -0.05) is 0 Å². The summed E-state index contributed by atoms with van der Waals surface area (Å²) in [6, 6.07) is 5.27. The molecular formula is C15H24N2O3. The van der Waals surface area contributed by atoms with Crippen LogP contribution in [0.25, 0.3) is 0 Å². The van der Waals surface area contributed by atoms with Crippen molar-refractivity contribution in [3.8, 4) is 11.5 Å². The van der Waals surface area contributed by atoms with Gasteiger partial charge in [0.05, 0.1) is 13.2 Å². The van der Waals surface area contributed by atoms with E-state index < -0.39 is 0 Å². The summed E-state index contributed by atoms with van der Waals surface area (Å²) in [4.78, 5) is 13.9. The van der Waals surface area contributed by atoms with Crippen LogP contribution in [0.15, 0.2) is 18.2 Å². The van der Waals surface area contributed by atoms with Gasteiger partial charge in [0.2, 0.25) is 0 Å². The van der Waals surface area contributed by atoms with Crippen molar-refractivity contribution in [1.82, 2.24) is 4.90 Å². The Morgan fingerprint density at radius 3 is 2.45 bits per heavy atom. The number of carbonyl (C=O) groups is 1. The summed E-state index contributed by atoms with van der Waals surface area (Å²) in [6.07, 6.45) is 0.789. The van der Waals surface area contributed by atoms with Crippen LogP contribution >= 0.6 is 0 Å². The first-order valence-electron chi connectivity index (χ1n) is 6.99. The number of hydrogen-bond donors (Lipinski definition) is 1. The molecule has 1 rings (SSSR count). The molecular weight excluding hydrogens is 256 g/mol. The second kappa shape index (κ2) is 8.43. The smallest absolute Gasteiger partial charge is 0.253 e. The van der Waals surface area contributed by atoms with E-state index in [0.717, 1.165) is 6.42 Å². The fraction of sp³-hybridized carbons (Fsp3) is 0.533. The monoisotopic (exact) mass is 280 g/mol. The topological polar surface area (TPSA) is 64.8 Å². The van der Waals surface area contributed by atoms with E-state index >= 15 is 0 Å². The first-order valence-corrected chi connectivity index (χ1v) is 6.99. The highest BCUT2D eigenvalue weighted by molar-refractivity contribution is 5.94. The minimum Gasteiger partial charge on any atom is -0.490 e. The van der Waals surface area contributed by atoms with E-state index in [2.05, 4.69) is 0 Å². The summed E-state index contributed by atoms with van der Waals surface area (Å²) < 4.78 is 11.0. The van der Waals surface area contributed by atoms with Gasteiger partial charge >= 0.3 is 0 Å². The molecule has 0 atom stereocenters. The maximum absolute atomic E-state index is 12.3. The molecule has 5 heteroatoms. The fourth-order valence-electron chi connectivity index (χ4n) is 1.83. The lowest BCUT2D eigenvalue weighted by Gasteiger charge is -2.18. The van der Waals surface area contributed by atoms with Gasteiger partial charge in [0.15, 0.2) is 11.5 Å². The maximum atomic E-state index is 12.3. The van der Waals surface area contributed by atoms with Crippen molar-refractivity contribution in [3.05, 3.63) is 23.8 Å². The van der Waals surface area contributed by atoms with Gasteiger partial charge in [-0.3, -0.25) is 4.79 Å². The molecule has 1 amide bonds. The standard InChI is InChI=1S/C15H24N2O3/c1-4-19-13-8-7-12(11-14(13)20-5-2)15(18)17(3)10-6-9-16/h7-8,11H,4-6,9-10,16H2,1-3H3. The molecule has 0 fully saturated rings. The number of amides is 1. The summed E-state index contributed by atoms with van der Waals surface area (Å²) in [6.45, 7) is 6.12. The predicted molar refractivity (Wildman–Crippen MR) is 79.4 cm³/mol. The predicted octanol–water partition coefficient (Wildman–Crippen LogP) is 1.90. The third kappa shape index (κ3) is 4.42. The Hall–Kier alpha value is -1.75. The third-order valence-electron chi connectivity index (χ3n) is 2.83. The average molecular weight is 280 g/mol.